The van der Waals surface area contributed by atoms with E-state index >= 15 is 0 Å². The summed E-state index contributed by atoms with van der Waals surface area (Å²) in [5.74, 6) is -0.250. The van der Waals surface area contributed by atoms with Crippen molar-refractivity contribution in [1.29, 1.82) is 0 Å². The summed E-state index contributed by atoms with van der Waals surface area (Å²) < 4.78 is 3.00. The number of unbranched alkanes of at least 4 members (excludes halogenated alkanes) is 2. The third-order valence-electron chi connectivity index (χ3n) is 6.36. The van der Waals surface area contributed by atoms with Crippen molar-refractivity contribution in [1.82, 2.24) is 4.72 Å². The number of aryl methyl sites for hydroxylation is 1. The topological polar surface area (TPSA) is 69.6 Å². The summed E-state index contributed by atoms with van der Waals surface area (Å²) >= 11 is 1.50. The molecule has 0 aromatic heterocycles. The molecule has 1 aliphatic rings. The minimum Gasteiger partial charge on any atom is -0.508 e. The fourth-order valence-corrected chi connectivity index (χ4v) is 5.25. The molecule has 5 heteroatoms. The second-order valence-electron chi connectivity index (χ2n) is 9.60. The largest absolute Gasteiger partial charge is 0.508 e. The lowest BCUT2D eigenvalue weighted by molar-refractivity contribution is 0.0980. The normalized spacial score (nSPS) is 14.8. The van der Waals surface area contributed by atoms with Crippen LogP contribution in [0.25, 0.3) is 0 Å². The van der Waals surface area contributed by atoms with E-state index in [1.165, 1.54) is 42.4 Å². The van der Waals surface area contributed by atoms with Gasteiger partial charge in [0, 0.05) is 10.8 Å². The number of hydrogen-bond donors (Lipinski definition) is 3. The Hall–Kier alpha value is -1.88. The Morgan fingerprint density at radius 3 is 2.52 bits per heavy atom. The number of aromatic hydroxyl groups is 2. The molecule has 0 aliphatic heterocycles. The van der Waals surface area contributed by atoms with Crippen LogP contribution >= 0.6 is 11.9 Å². The molecule has 0 spiro atoms. The maximum Gasteiger partial charge on any atom is 0.265 e. The highest BCUT2D eigenvalue weighted by atomic mass is 32.2. The van der Waals surface area contributed by atoms with E-state index in [1.807, 2.05) is 6.08 Å². The van der Waals surface area contributed by atoms with E-state index in [0.717, 1.165) is 50.5 Å². The van der Waals surface area contributed by atoms with Crippen molar-refractivity contribution in [3.8, 4) is 11.5 Å². The molecule has 1 aliphatic carbocycles. The molecule has 0 unspecified atom stereocenters. The molecule has 1 fully saturated rings. The number of carbonyl (C=O) groups excluding carboxylic acids is 1. The summed E-state index contributed by atoms with van der Waals surface area (Å²) in [6.07, 6.45) is 16.2. The van der Waals surface area contributed by atoms with E-state index in [1.54, 1.807) is 6.07 Å². The number of hydrogen-bond acceptors (Lipinski definition) is 4. The molecular weight excluding hydrogens is 430 g/mol. The standard InChI is InChI=1S/C28H43NO3S/c1-5-6-8-14-22-19-25(30)24(18-17-21(4)13-11-12-20(2)3)27(31)26(22)28(32)29-33-23-15-9-7-10-16-23/h12,17,19,23,30-31H,5-11,13-16,18H2,1-4H3,(H,29,32)/b21-17+. The van der Waals surface area contributed by atoms with Crippen LogP contribution in [0.3, 0.4) is 0 Å². The molecule has 1 amide bonds. The molecular formula is C28H43NO3S. The van der Waals surface area contributed by atoms with Crippen LogP contribution in [0.4, 0.5) is 0 Å². The van der Waals surface area contributed by atoms with Crippen molar-refractivity contribution in [2.75, 3.05) is 0 Å². The van der Waals surface area contributed by atoms with Gasteiger partial charge in [-0.25, -0.2) is 0 Å². The summed E-state index contributed by atoms with van der Waals surface area (Å²) in [6, 6.07) is 1.69. The highest BCUT2D eigenvalue weighted by Crippen LogP contribution is 2.36. The molecule has 0 saturated heterocycles. The van der Waals surface area contributed by atoms with Gasteiger partial charge in [0.05, 0.1) is 5.56 Å². The Morgan fingerprint density at radius 2 is 1.85 bits per heavy atom. The van der Waals surface area contributed by atoms with E-state index in [0.29, 0.717) is 29.2 Å². The zero-order chi connectivity index (χ0) is 24.2. The van der Waals surface area contributed by atoms with E-state index in [2.05, 4.69) is 38.5 Å². The van der Waals surface area contributed by atoms with Crippen molar-refractivity contribution < 1.29 is 15.0 Å². The number of carbonyl (C=O) groups is 1. The summed E-state index contributed by atoms with van der Waals surface area (Å²) in [5.41, 5.74) is 4.00. The third-order valence-corrected chi connectivity index (χ3v) is 7.47. The second-order valence-corrected chi connectivity index (χ2v) is 10.7. The van der Waals surface area contributed by atoms with Crippen LogP contribution in [-0.2, 0) is 12.8 Å². The Labute approximate surface area is 205 Å². The third kappa shape index (κ3) is 9.11. The van der Waals surface area contributed by atoms with E-state index in [9.17, 15) is 15.0 Å². The second kappa shape index (κ2) is 14.4. The van der Waals surface area contributed by atoms with Crippen LogP contribution in [0.2, 0.25) is 0 Å². The average molecular weight is 474 g/mol. The smallest absolute Gasteiger partial charge is 0.265 e. The van der Waals surface area contributed by atoms with Gasteiger partial charge in [0.1, 0.15) is 11.5 Å². The maximum absolute atomic E-state index is 13.2. The molecule has 1 saturated carbocycles. The van der Waals surface area contributed by atoms with Gasteiger partial charge in [0.15, 0.2) is 0 Å². The minimum absolute atomic E-state index is 0.0726. The zero-order valence-corrected chi connectivity index (χ0v) is 21.8. The van der Waals surface area contributed by atoms with Crippen LogP contribution in [0.1, 0.15) is 113 Å². The predicted molar refractivity (Wildman–Crippen MR) is 141 cm³/mol. The number of nitrogens with one attached hydrogen (secondary N) is 1. The number of amides is 1. The van der Waals surface area contributed by atoms with Crippen LogP contribution in [0, 0.1) is 0 Å². The van der Waals surface area contributed by atoms with Crippen molar-refractivity contribution in [2.45, 2.75) is 110 Å². The van der Waals surface area contributed by atoms with Gasteiger partial charge in [0.2, 0.25) is 0 Å². The quantitative estimate of drug-likeness (QED) is 0.165. The first kappa shape index (κ1) is 27.4. The van der Waals surface area contributed by atoms with Gasteiger partial charge in [-0.15, -0.1) is 0 Å². The summed E-state index contributed by atoms with van der Waals surface area (Å²) in [4.78, 5) is 13.2. The van der Waals surface area contributed by atoms with Gasteiger partial charge in [-0.1, -0.05) is 62.3 Å². The molecule has 1 aromatic rings. The molecule has 0 atom stereocenters. The molecule has 0 bridgehead atoms. The lowest BCUT2D eigenvalue weighted by Gasteiger charge is -2.21. The van der Waals surface area contributed by atoms with Crippen molar-refractivity contribution in [2.24, 2.45) is 0 Å². The minimum atomic E-state index is -0.250. The van der Waals surface area contributed by atoms with Crippen molar-refractivity contribution in [3.05, 3.63) is 46.1 Å². The number of rotatable bonds is 12. The fourth-order valence-electron chi connectivity index (χ4n) is 4.30. The monoisotopic (exact) mass is 473 g/mol. The van der Waals surface area contributed by atoms with Crippen molar-refractivity contribution >= 4 is 17.9 Å². The summed E-state index contributed by atoms with van der Waals surface area (Å²) in [7, 11) is 0. The lowest BCUT2D eigenvalue weighted by atomic mass is 9.94. The Morgan fingerprint density at radius 1 is 1.12 bits per heavy atom. The Kier molecular flexibility index (Phi) is 11.9. The van der Waals surface area contributed by atoms with Crippen molar-refractivity contribution in [3.63, 3.8) is 0 Å². The number of phenols is 2. The van der Waals surface area contributed by atoms with Gasteiger partial charge in [-0.3, -0.25) is 9.52 Å². The van der Waals surface area contributed by atoms with Crippen LogP contribution in [0.15, 0.2) is 29.4 Å². The molecule has 0 heterocycles. The van der Waals surface area contributed by atoms with E-state index in [-0.39, 0.29) is 17.4 Å². The number of phenolic OH excluding ortho intramolecular Hbond substituents is 2. The summed E-state index contributed by atoms with van der Waals surface area (Å²) in [6.45, 7) is 8.39. The molecule has 4 nitrogen and oxygen atoms in total. The highest BCUT2D eigenvalue weighted by molar-refractivity contribution is 7.98. The van der Waals surface area contributed by atoms with Crippen LogP contribution < -0.4 is 4.72 Å². The number of benzene rings is 1. The first-order valence-corrected chi connectivity index (χ1v) is 13.5. The first-order valence-electron chi connectivity index (χ1n) is 12.6. The van der Waals surface area contributed by atoms with Gasteiger partial charge >= 0.3 is 0 Å². The Balaban J connectivity index is 2.22. The van der Waals surface area contributed by atoms with Gasteiger partial charge in [0.25, 0.3) is 5.91 Å². The van der Waals surface area contributed by atoms with Crippen LogP contribution in [0.5, 0.6) is 11.5 Å². The molecule has 1 aromatic carbocycles. The molecule has 2 rings (SSSR count). The maximum atomic E-state index is 13.2. The Bertz CT molecular complexity index is 834. The van der Waals surface area contributed by atoms with E-state index in [4.69, 9.17) is 0 Å². The van der Waals surface area contributed by atoms with E-state index < -0.39 is 0 Å². The number of allylic oxidation sites excluding steroid dienone is 4. The first-order chi connectivity index (χ1) is 15.8. The van der Waals surface area contributed by atoms with Gasteiger partial charge < -0.3 is 10.2 Å². The summed E-state index contributed by atoms with van der Waals surface area (Å²) in [5, 5.41) is 22.2. The fraction of sp³-hybridized carbons (Fsp3) is 0.607. The zero-order valence-electron chi connectivity index (χ0n) is 21.0. The van der Waals surface area contributed by atoms with Gasteiger partial charge in [-0.2, -0.15) is 0 Å². The van der Waals surface area contributed by atoms with Gasteiger partial charge in [-0.05, 0) is 89.3 Å². The molecule has 184 valence electrons. The molecule has 3 N–H and O–H groups in total. The molecule has 0 radical (unpaired) electrons. The predicted octanol–water partition coefficient (Wildman–Crippen LogP) is 7.78. The van der Waals surface area contributed by atoms with Crippen LogP contribution in [-0.4, -0.2) is 21.4 Å². The average Bonchev–Trinajstić information content (AvgIpc) is 2.78. The highest BCUT2D eigenvalue weighted by Gasteiger charge is 2.23. The SMILES string of the molecule is CCCCCc1cc(O)c(C/C=C(\C)CCC=C(C)C)c(O)c1C(=O)NSC1CCCCC1. The molecule has 33 heavy (non-hydrogen) atoms. The lowest BCUT2D eigenvalue weighted by Crippen LogP contribution is -2.23.